The van der Waals surface area contributed by atoms with Crippen LogP contribution in [0.5, 0.6) is 0 Å². The van der Waals surface area contributed by atoms with Crippen molar-refractivity contribution in [3.05, 3.63) is 22.2 Å². The summed E-state index contributed by atoms with van der Waals surface area (Å²) in [5, 5.41) is 4.42. The fourth-order valence-corrected chi connectivity index (χ4v) is 3.25. The number of hydrogen-bond donors (Lipinski definition) is 2. The predicted octanol–water partition coefficient (Wildman–Crippen LogP) is 4.27. The van der Waals surface area contributed by atoms with E-state index >= 15 is 0 Å². The smallest absolute Gasteiger partial charge is 0.0614 e. The Bertz CT molecular complexity index is 414. The fourth-order valence-electron chi connectivity index (χ4n) is 2.00. The third kappa shape index (κ3) is 2.78. The maximum atomic E-state index is 5.98. The van der Waals surface area contributed by atoms with Gasteiger partial charge in [-0.3, -0.25) is 0 Å². The third-order valence-electron chi connectivity index (χ3n) is 3.39. The first-order chi connectivity index (χ1) is 8.06. The van der Waals surface area contributed by atoms with Crippen LogP contribution < -0.4 is 11.1 Å². The minimum atomic E-state index is 0.374. The van der Waals surface area contributed by atoms with Crippen LogP contribution in [0.3, 0.4) is 0 Å². The molecule has 0 saturated heterocycles. The molecular weight excluding hydrogens is 275 g/mol. The number of rotatable bonds is 4. The second-order valence-electron chi connectivity index (χ2n) is 4.45. The summed E-state index contributed by atoms with van der Waals surface area (Å²) in [6.45, 7) is 0.927. The zero-order chi connectivity index (χ0) is 12.5. The maximum absolute atomic E-state index is 5.98. The molecule has 2 nitrogen and oxygen atoms in total. The van der Waals surface area contributed by atoms with E-state index < -0.39 is 0 Å². The molecule has 1 aliphatic rings. The van der Waals surface area contributed by atoms with E-state index in [2.05, 4.69) is 11.6 Å². The lowest BCUT2D eigenvalue weighted by molar-refractivity contribution is 0.380. The molecule has 1 fully saturated rings. The SMILES string of the molecule is CSC1(CNc2cc(Cl)c(Cl)cc2N)CCC1. The molecule has 17 heavy (non-hydrogen) atoms. The van der Waals surface area contributed by atoms with Crippen molar-refractivity contribution in [2.75, 3.05) is 23.9 Å². The van der Waals surface area contributed by atoms with Crippen molar-refractivity contribution in [1.29, 1.82) is 0 Å². The molecule has 94 valence electrons. The average Bonchev–Trinajstić information content (AvgIpc) is 2.24. The van der Waals surface area contributed by atoms with Crippen molar-refractivity contribution >= 4 is 46.3 Å². The van der Waals surface area contributed by atoms with Crippen LogP contribution in [0.4, 0.5) is 11.4 Å². The number of nitrogen functional groups attached to an aromatic ring is 1. The van der Waals surface area contributed by atoms with E-state index in [0.29, 0.717) is 20.5 Å². The maximum Gasteiger partial charge on any atom is 0.0614 e. The molecule has 1 aromatic carbocycles. The van der Waals surface area contributed by atoms with E-state index in [1.54, 1.807) is 12.1 Å². The minimum absolute atomic E-state index is 0.374. The second-order valence-corrected chi connectivity index (χ2v) is 6.54. The minimum Gasteiger partial charge on any atom is -0.397 e. The first-order valence-electron chi connectivity index (χ1n) is 5.60. The van der Waals surface area contributed by atoms with Gasteiger partial charge in [-0.25, -0.2) is 0 Å². The third-order valence-corrected chi connectivity index (χ3v) is 5.53. The first kappa shape index (κ1) is 13.2. The topological polar surface area (TPSA) is 38.0 Å². The van der Waals surface area contributed by atoms with Gasteiger partial charge in [-0.05, 0) is 31.2 Å². The van der Waals surface area contributed by atoms with Gasteiger partial charge in [-0.1, -0.05) is 29.6 Å². The standard InChI is InChI=1S/C12H16Cl2N2S/c1-17-12(3-2-4-12)7-16-11-6-9(14)8(13)5-10(11)15/h5-6,16H,2-4,7,15H2,1H3. The summed E-state index contributed by atoms with van der Waals surface area (Å²) < 4.78 is 0.374. The molecule has 2 rings (SSSR count). The number of halogens is 2. The molecule has 0 aliphatic heterocycles. The van der Waals surface area contributed by atoms with Crippen LogP contribution in [0.15, 0.2) is 12.1 Å². The Kier molecular flexibility index (Phi) is 4.01. The second kappa shape index (κ2) is 5.17. The van der Waals surface area contributed by atoms with Gasteiger partial charge in [-0.15, -0.1) is 0 Å². The van der Waals surface area contributed by atoms with Gasteiger partial charge in [-0.2, -0.15) is 11.8 Å². The van der Waals surface area contributed by atoms with Gasteiger partial charge in [0, 0.05) is 11.3 Å². The Morgan fingerprint density at radius 3 is 2.53 bits per heavy atom. The average molecular weight is 291 g/mol. The molecule has 1 saturated carbocycles. The summed E-state index contributed by atoms with van der Waals surface area (Å²) in [7, 11) is 0. The summed E-state index contributed by atoms with van der Waals surface area (Å²) in [4.78, 5) is 0. The summed E-state index contributed by atoms with van der Waals surface area (Å²) in [6, 6.07) is 3.49. The van der Waals surface area contributed by atoms with Crippen molar-refractivity contribution in [3.8, 4) is 0 Å². The number of benzene rings is 1. The molecule has 0 unspecified atom stereocenters. The van der Waals surface area contributed by atoms with Crippen LogP contribution in [0.2, 0.25) is 10.0 Å². The Morgan fingerprint density at radius 1 is 1.35 bits per heavy atom. The van der Waals surface area contributed by atoms with E-state index in [-0.39, 0.29) is 0 Å². The quantitative estimate of drug-likeness (QED) is 0.813. The van der Waals surface area contributed by atoms with Crippen LogP contribution in [-0.2, 0) is 0 Å². The highest BCUT2D eigenvalue weighted by Gasteiger charge is 2.35. The highest BCUT2D eigenvalue weighted by atomic mass is 35.5. The van der Waals surface area contributed by atoms with Gasteiger partial charge in [0.15, 0.2) is 0 Å². The van der Waals surface area contributed by atoms with E-state index in [4.69, 9.17) is 28.9 Å². The van der Waals surface area contributed by atoms with E-state index in [1.165, 1.54) is 19.3 Å². The molecule has 0 spiro atoms. The van der Waals surface area contributed by atoms with Crippen molar-refractivity contribution in [2.24, 2.45) is 0 Å². The summed E-state index contributed by atoms with van der Waals surface area (Å²) in [5.41, 5.74) is 7.43. The van der Waals surface area contributed by atoms with Crippen LogP contribution in [0, 0.1) is 0 Å². The molecule has 0 aromatic heterocycles. The highest BCUT2D eigenvalue weighted by molar-refractivity contribution is 8.00. The molecule has 0 bridgehead atoms. The number of hydrogen-bond acceptors (Lipinski definition) is 3. The van der Waals surface area contributed by atoms with Crippen molar-refractivity contribution in [1.82, 2.24) is 0 Å². The lowest BCUT2D eigenvalue weighted by atomic mass is 9.84. The zero-order valence-corrected chi connectivity index (χ0v) is 12.1. The molecular formula is C12H16Cl2N2S. The first-order valence-corrected chi connectivity index (χ1v) is 7.58. The van der Waals surface area contributed by atoms with Crippen molar-refractivity contribution in [3.63, 3.8) is 0 Å². The molecule has 1 aliphatic carbocycles. The largest absolute Gasteiger partial charge is 0.397 e. The Balaban J connectivity index is 2.06. The number of nitrogens with two attached hydrogens (primary N) is 1. The normalized spacial score (nSPS) is 17.6. The lowest BCUT2D eigenvalue weighted by Gasteiger charge is -2.40. The molecule has 0 heterocycles. The Morgan fingerprint density at radius 2 is 2.00 bits per heavy atom. The molecule has 0 amide bonds. The number of thioether (sulfide) groups is 1. The molecule has 3 N–H and O–H groups in total. The van der Waals surface area contributed by atoms with E-state index in [9.17, 15) is 0 Å². The summed E-state index contributed by atoms with van der Waals surface area (Å²) >= 11 is 13.8. The van der Waals surface area contributed by atoms with Gasteiger partial charge in [0.1, 0.15) is 0 Å². The van der Waals surface area contributed by atoms with Gasteiger partial charge < -0.3 is 11.1 Å². The van der Waals surface area contributed by atoms with Gasteiger partial charge in [0.2, 0.25) is 0 Å². The molecule has 0 atom stereocenters. The summed E-state index contributed by atoms with van der Waals surface area (Å²) in [6.07, 6.45) is 6.02. The Labute approximate surface area is 116 Å². The molecule has 0 radical (unpaired) electrons. The van der Waals surface area contributed by atoms with Crippen LogP contribution in [-0.4, -0.2) is 17.5 Å². The van der Waals surface area contributed by atoms with E-state index in [0.717, 1.165) is 12.2 Å². The van der Waals surface area contributed by atoms with Gasteiger partial charge in [0.05, 0.1) is 21.4 Å². The zero-order valence-electron chi connectivity index (χ0n) is 9.72. The van der Waals surface area contributed by atoms with Crippen molar-refractivity contribution in [2.45, 2.75) is 24.0 Å². The predicted molar refractivity (Wildman–Crippen MR) is 79.5 cm³/mol. The van der Waals surface area contributed by atoms with Crippen LogP contribution in [0.25, 0.3) is 0 Å². The monoisotopic (exact) mass is 290 g/mol. The van der Waals surface area contributed by atoms with Gasteiger partial charge >= 0.3 is 0 Å². The Hall–Kier alpha value is -0.250. The van der Waals surface area contributed by atoms with E-state index in [1.807, 2.05) is 11.8 Å². The molecule has 1 aromatic rings. The van der Waals surface area contributed by atoms with Crippen molar-refractivity contribution < 1.29 is 0 Å². The summed E-state index contributed by atoms with van der Waals surface area (Å²) in [5.74, 6) is 0. The highest BCUT2D eigenvalue weighted by Crippen LogP contribution is 2.43. The molecule has 5 heteroatoms. The van der Waals surface area contributed by atoms with Gasteiger partial charge in [0.25, 0.3) is 0 Å². The van der Waals surface area contributed by atoms with Crippen LogP contribution >= 0.6 is 35.0 Å². The lowest BCUT2D eigenvalue weighted by Crippen LogP contribution is -2.40. The fraction of sp³-hybridized carbons (Fsp3) is 0.500. The van der Waals surface area contributed by atoms with Crippen LogP contribution in [0.1, 0.15) is 19.3 Å². The number of nitrogens with one attached hydrogen (secondary N) is 1. The number of anilines is 2.